The normalized spacial score (nSPS) is 22.2. The number of urea groups is 1. The second-order valence-electron chi connectivity index (χ2n) is 6.01. The maximum atomic E-state index is 12.0. The van der Waals surface area contributed by atoms with E-state index in [2.05, 4.69) is 19.2 Å². The Balaban J connectivity index is 2.60. The molecule has 1 heterocycles. The van der Waals surface area contributed by atoms with Crippen LogP contribution < -0.4 is 5.32 Å². The molecule has 1 aliphatic rings. The van der Waals surface area contributed by atoms with Gasteiger partial charge in [0.05, 0.1) is 6.10 Å². The number of nitrogens with zero attached hydrogens (tertiary/aromatic N) is 1. The van der Waals surface area contributed by atoms with Crippen LogP contribution in [0.25, 0.3) is 0 Å². The van der Waals surface area contributed by atoms with Gasteiger partial charge in [-0.15, -0.1) is 0 Å². The smallest absolute Gasteiger partial charge is 0.328 e. The summed E-state index contributed by atoms with van der Waals surface area (Å²) < 4.78 is 0. The predicted octanol–water partition coefficient (Wildman–Crippen LogP) is 1.04. The molecule has 3 N–H and O–H groups in total. The lowest BCUT2D eigenvalue weighted by Crippen LogP contribution is -2.52. The van der Waals surface area contributed by atoms with Gasteiger partial charge in [-0.2, -0.15) is 0 Å². The molecule has 0 radical (unpaired) electrons. The minimum Gasteiger partial charge on any atom is -0.480 e. The van der Waals surface area contributed by atoms with E-state index in [1.807, 2.05) is 0 Å². The third kappa shape index (κ3) is 4.70. The first kappa shape index (κ1) is 15.8. The molecule has 1 aliphatic heterocycles. The third-order valence-corrected chi connectivity index (χ3v) is 3.65. The number of amides is 2. The molecular formula is C13H24N2O4. The van der Waals surface area contributed by atoms with Crippen LogP contribution >= 0.6 is 0 Å². The van der Waals surface area contributed by atoms with Crippen molar-refractivity contribution in [3.05, 3.63) is 0 Å². The number of carbonyl (C=O) groups is 2. The molecule has 110 valence electrons. The van der Waals surface area contributed by atoms with Gasteiger partial charge in [0, 0.05) is 13.1 Å². The van der Waals surface area contributed by atoms with Crippen LogP contribution in [0.3, 0.4) is 0 Å². The maximum absolute atomic E-state index is 12.0. The fourth-order valence-corrected chi connectivity index (χ4v) is 2.24. The Morgan fingerprint density at radius 1 is 1.26 bits per heavy atom. The van der Waals surface area contributed by atoms with Gasteiger partial charge in [-0.1, -0.05) is 13.8 Å². The van der Waals surface area contributed by atoms with Gasteiger partial charge in [0.1, 0.15) is 0 Å². The molecular weight excluding hydrogens is 248 g/mol. The average Bonchev–Trinajstić information content (AvgIpc) is 2.46. The van der Waals surface area contributed by atoms with Gasteiger partial charge in [0.15, 0.2) is 6.04 Å². The number of rotatable bonds is 3. The Hall–Kier alpha value is -1.30. The summed E-state index contributed by atoms with van der Waals surface area (Å²) in [4.78, 5) is 24.6. The third-order valence-electron chi connectivity index (χ3n) is 3.65. The first-order valence-electron chi connectivity index (χ1n) is 6.69. The predicted molar refractivity (Wildman–Crippen MR) is 70.8 cm³/mol. The minimum atomic E-state index is -1.26. The van der Waals surface area contributed by atoms with E-state index in [4.69, 9.17) is 5.11 Å². The molecule has 1 rings (SSSR count). The molecule has 6 heteroatoms. The molecule has 0 aliphatic carbocycles. The van der Waals surface area contributed by atoms with E-state index in [9.17, 15) is 14.7 Å². The van der Waals surface area contributed by atoms with Gasteiger partial charge in [-0.3, -0.25) is 0 Å². The molecule has 0 aromatic heterocycles. The fourth-order valence-electron chi connectivity index (χ4n) is 2.24. The van der Waals surface area contributed by atoms with Crippen molar-refractivity contribution in [2.24, 2.45) is 5.41 Å². The van der Waals surface area contributed by atoms with Gasteiger partial charge >= 0.3 is 12.0 Å². The summed E-state index contributed by atoms with van der Waals surface area (Å²) >= 11 is 0. The molecule has 0 bridgehead atoms. The van der Waals surface area contributed by atoms with E-state index in [1.54, 1.807) is 4.90 Å². The zero-order valence-electron chi connectivity index (χ0n) is 11.8. The summed E-state index contributed by atoms with van der Waals surface area (Å²) in [5, 5.41) is 20.7. The van der Waals surface area contributed by atoms with Crippen molar-refractivity contribution < 1.29 is 19.8 Å². The van der Waals surface area contributed by atoms with Crippen LogP contribution in [0.4, 0.5) is 4.79 Å². The SMILES string of the molecule is C[C@@H](O)[C@H](NC(=O)N1CCCC(C)(C)CC1)C(=O)O. The van der Waals surface area contributed by atoms with Gasteiger partial charge in [0.25, 0.3) is 0 Å². The minimum absolute atomic E-state index is 0.214. The Morgan fingerprint density at radius 3 is 2.42 bits per heavy atom. The van der Waals surface area contributed by atoms with Crippen LogP contribution in [-0.2, 0) is 4.79 Å². The summed E-state index contributed by atoms with van der Waals surface area (Å²) in [6.07, 6.45) is 1.74. The number of aliphatic carboxylic acids is 1. The first-order chi connectivity index (χ1) is 8.73. The number of carboxylic acid groups (broad SMARTS) is 1. The molecule has 2 atom stereocenters. The second-order valence-corrected chi connectivity index (χ2v) is 6.01. The molecule has 0 aromatic carbocycles. The molecule has 0 saturated carbocycles. The largest absolute Gasteiger partial charge is 0.480 e. The quantitative estimate of drug-likeness (QED) is 0.716. The molecule has 0 spiro atoms. The number of carbonyl (C=O) groups excluding carboxylic acids is 1. The lowest BCUT2D eigenvalue weighted by molar-refractivity contribution is -0.141. The molecule has 2 amide bonds. The van der Waals surface area contributed by atoms with E-state index in [1.165, 1.54) is 6.92 Å². The molecule has 0 unspecified atom stereocenters. The van der Waals surface area contributed by atoms with Crippen molar-refractivity contribution in [3.8, 4) is 0 Å². The highest BCUT2D eigenvalue weighted by Gasteiger charge is 2.29. The van der Waals surface area contributed by atoms with E-state index < -0.39 is 24.1 Å². The van der Waals surface area contributed by atoms with Crippen molar-refractivity contribution in [1.29, 1.82) is 0 Å². The van der Waals surface area contributed by atoms with Crippen molar-refractivity contribution >= 4 is 12.0 Å². The lowest BCUT2D eigenvalue weighted by Gasteiger charge is -2.26. The molecule has 6 nitrogen and oxygen atoms in total. The lowest BCUT2D eigenvalue weighted by atomic mass is 9.85. The van der Waals surface area contributed by atoms with E-state index >= 15 is 0 Å². The van der Waals surface area contributed by atoms with Crippen LogP contribution in [0, 0.1) is 5.41 Å². The summed E-state index contributed by atoms with van der Waals surface area (Å²) in [6, 6.07) is -1.67. The van der Waals surface area contributed by atoms with Crippen molar-refractivity contribution in [2.75, 3.05) is 13.1 Å². The zero-order valence-corrected chi connectivity index (χ0v) is 11.8. The molecule has 1 saturated heterocycles. The summed E-state index contributed by atoms with van der Waals surface area (Å²) in [7, 11) is 0. The summed E-state index contributed by atoms with van der Waals surface area (Å²) in [5.74, 6) is -1.22. The van der Waals surface area contributed by atoms with Gasteiger partial charge in [-0.25, -0.2) is 9.59 Å². The van der Waals surface area contributed by atoms with Crippen molar-refractivity contribution in [2.45, 2.75) is 52.2 Å². The van der Waals surface area contributed by atoms with Crippen molar-refractivity contribution in [1.82, 2.24) is 10.2 Å². The first-order valence-corrected chi connectivity index (χ1v) is 6.69. The monoisotopic (exact) mass is 272 g/mol. The topological polar surface area (TPSA) is 89.9 Å². The number of hydrogen-bond acceptors (Lipinski definition) is 3. The van der Waals surface area contributed by atoms with Gasteiger partial charge < -0.3 is 20.4 Å². The summed E-state index contributed by atoms with van der Waals surface area (Å²) in [6.45, 7) is 6.94. The van der Waals surface area contributed by atoms with Gasteiger partial charge in [0.2, 0.25) is 0 Å². The Labute approximate surface area is 113 Å². The Bertz CT molecular complexity index is 342. The number of likely N-dealkylation sites (tertiary alicyclic amines) is 1. The van der Waals surface area contributed by atoms with E-state index in [0.29, 0.717) is 13.1 Å². The standard InChI is InChI=1S/C13H24N2O4/c1-9(16)10(11(17)18)14-12(19)15-7-4-5-13(2,3)6-8-15/h9-10,16H,4-8H2,1-3H3,(H,14,19)(H,17,18)/t9-,10+/m1/s1. The van der Waals surface area contributed by atoms with Crippen LogP contribution in [0.5, 0.6) is 0 Å². The highest BCUT2D eigenvalue weighted by Crippen LogP contribution is 2.29. The maximum Gasteiger partial charge on any atom is 0.328 e. The average molecular weight is 272 g/mol. The summed E-state index contributed by atoms with van der Waals surface area (Å²) in [5.41, 5.74) is 0.214. The Morgan fingerprint density at radius 2 is 1.89 bits per heavy atom. The van der Waals surface area contributed by atoms with Crippen molar-refractivity contribution in [3.63, 3.8) is 0 Å². The van der Waals surface area contributed by atoms with E-state index in [-0.39, 0.29) is 5.41 Å². The molecule has 0 aromatic rings. The number of aliphatic hydroxyl groups excluding tert-OH is 1. The number of nitrogens with one attached hydrogen (secondary N) is 1. The number of aliphatic hydroxyl groups is 1. The van der Waals surface area contributed by atoms with Crippen LogP contribution in [-0.4, -0.2) is 52.3 Å². The number of carboxylic acids is 1. The number of hydrogen-bond donors (Lipinski definition) is 3. The van der Waals surface area contributed by atoms with Crippen LogP contribution in [0.15, 0.2) is 0 Å². The molecule has 19 heavy (non-hydrogen) atoms. The Kier molecular flexibility index (Phi) is 5.17. The highest BCUT2D eigenvalue weighted by atomic mass is 16.4. The van der Waals surface area contributed by atoms with E-state index in [0.717, 1.165) is 19.3 Å². The highest BCUT2D eigenvalue weighted by molar-refractivity contribution is 5.83. The zero-order chi connectivity index (χ0) is 14.6. The second kappa shape index (κ2) is 6.23. The fraction of sp³-hybridized carbons (Fsp3) is 0.846. The molecule has 1 fully saturated rings. The van der Waals surface area contributed by atoms with Crippen LogP contribution in [0.1, 0.15) is 40.0 Å². The van der Waals surface area contributed by atoms with Crippen LogP contribution in [0.2, 0.25) is 0 Å². The van der Waals surface area contributed by atoms with Gasteiger partial charge in [-0.05, 0) is 31.6 Å².